The molecule has 0 spiro atoms. The van der Waals surface area contributed by atoms with E-state index in [-0.39, 0.29) is 61.3 Å². The average Bonchev–Trinajstić information content (AvgIpc) is 3.33. The molecule has 15 heteroatoms. The number of alkyl halides is 7. The molecule has 1 aliphatic carbocycles. The van der Waals surface area contributed by atoms with Crippen LogP contribution in [0.15, 0.2) is 48.5 Å². The Balaban J connectivity index is 1.62. The van der Waals surface area contributed by atoms with Gasteiger partial charge in [0.05, 0.1) is 23.3 Å². The summed E-state index contributed by atoms with van der Waals surface area (Å²) in [7, 11) is -7.60. The van der Waals surface area contributed by atoms with Gasteiger partial charge in [-0.25, -0.2) is 21.2 Å². The van der Waals surface area contributed by atoms with E-state index in [2.05, 4.69) is 0 Å². The van der Waals surface area contributed by atoms with Crippen LogP contribution in [0.3, 0.4) is 0 Å². The summed E-state index contributed by atoms with van der Waals surface area (Å²) < 4.78 is 147. The number of aryl methyl sites for hydroxylation is 1. The Labute approximate surface area is 244 Å². The van der Waals surface area contributed by atoms with Crippen molar-refractivity contribution in [2.45, 2.75) is 66.7 Å². The third-order valence-electron chi connectivity index (χ3n) is 9.01. The highest BCUT2D eigenvalue weighted by atomic mass is 32.2. The Hall–Kier alpha value is -2.68. The monoisotopic (exact) mass is 655 g/mol. The van der Waals surface area contributed by atoms with Crippen molar-refractivity contribution in [3.8, 4) is 0 Å². The minimum Gasteiger partial charge on any atom is -0.337 e. The van der Waals surface area contributed by atoms with Gasteiger partial charge in [-0.3, -0.25) is 4.79 Å². The van der Waals surface area contributed by atoms with Gasteiger partial charge in [0.25, 0.3) is 0 Å². The lowest BCUT2D eigenvalue weighted by atomic mass is 9.76. The first-order chi connectivity index (χ1) is 19.8. The Morgan fingerprint density at radius 1 is 0.907 bits per heavy atom. The van der Waals surface area contributed by atoms with Crippen LogP contribution in [0.4, 0.5) is 30.7 Å². The van der Waals surface area contributed by atoms with E-state index in [4.69, 9.17) is 0 Å². The smallest absolute Gasteiger partial charge is 0.337 e. The van der Waals surface area contributed by atoms with E-state index >= 15 is 0 Å². The summed E-state index contributed by atoms with van der Waals surface area (Å²) in [4.78, 5) is 15.0. The number of fused-ring (bicyclic) bond motifs is 3. The number of likely N-dealkylation sites (tertiary alicyclic amines) is 1. The second kappa shape index (κ2) is 10.5. The third kappa shape index (κ3) is 5.13. The fourth-order valence-corrected chi connectivity index (χ4v) is 10.8. The number of hydrogen-bond acceptors (Lipinski definition) is 5. The molecule has 1 amide bonds. The van der Waals surface area contributed by atoms with Gasteiger partial charge in [0.1, 0.15) is 14.6 Å². The van der Waals surface area contributed by atoms with E-state index in [9.17, 15) is 52.4 Å². The summed E-state index contributed by atoms with van der Waals surface area (Å²) in [6.45, 7) is -0.0693. The van der Waals surface area contributed by atoms with Crippen molar-refractivity contribution in [1.82, 2.24) is 4.90 Å². The average molecular weight is 656 g/mol. The van der Waals surface area contributed by atoms with Crippen molar-refractivity contribution < 1.29 is 52.4 Å². The maximum atomic E-state index is 15.0. The van der Waals surface area contributed by atoms with Gasteiger partial charge in [-0.15, -0.1) is 0 Å². The number of carbonyl (C=O) groups is 1. The number of rotatable bonds is 5. The molecule has 2 fully saturated rings. The number of benzene rings is 2. The Morgan fingerprint density at radius 2 is 1.51 bits per heavy atom. The van der Waals surface area contributed by atoms with Crippen LogP contribution in [0.5, 0.6) is 0 Å². The van der Waals surface area contributed by atoms with E-state index in [1.165, 1.54) is 4.90 Å². The van der Waals surface area contributed by atoms with Crippen LogP contribution in [0.2, 0.25) is 0 Å². The number of hydrogen-bond donors (Lipinski definition) is 0. The largest absolute Gasteiger partial charge is 0.435 e. The highest BCUT2D eigenvalue weighted by molar-refractivity contribution is 7.91. The van der Waals surface area contributed by atoms with Crippen LogP contribution in [-0.4, -0.2) is 64.1 Å². The summed E-state index contributed by atoms with van der Waals surface area (Å²) in [5.74, 6) is -2.03. The first-order valence-electron chi connectivity index (χ1n) is 13.6. The van der Waals surface area contributed by atoms with E-state index in [1.807, 2.05) is 0 Å². The second-order valence-corrected chi connectivity index (χ2v) is 16.0. The summed E-state index contributed by atoms with van der Waals surface area (Å²) in [5.41, 5.74) is -7.22. The van der Waals surface area contributed by atoms with Gasteiger partial charge in [-0.05, 0) is 48.8 Å². The van der Waals surface area contributed by atoms with Crippen molar-refractivity contribution >= 4 is 25.6 Å². The lowest BCUT2D eigenvalue weighted by Gasteiger charge is -2.43. The molecule has 5 rings (SSSR count). The molecule has 236 valence electrons. The van der Waals surface area contributed by atoms with E-state index in [0.29, 0.717) is 17.7 Å². The minimum absolute atomic E-state index is 0.0571. The summed E-state index contributed by atoms with van der Waals surface area (Å²) in [5, 5.41) is 0. The van der Waals surface area contributed by atoms with Gasteiger partial charge in [0, 0.05) is 18.0 Å². The summed E-state index contributed by atoms with van der Waals surface area (Å²) in [6.07, 6.45) is -13.1. The predicted molar refractivity (Wildman–Crippen MR) is 142 cm³/mol. The number of carbonyl (C=O) groups excluding carboxylic acids is 1. The summed E-state index contributed by atoms with van der Waals surface area (Å²) >= 11 is 0. The predicted octanol–water partition coefficient (Wildman–Crippen LogP) is 5.16. The topological polar surface area (TPSA) is 88.6 Å². The zero-order valence-corrected chi connectivity index (χ0v) is 24.2. The quantitative estimate of drug-likeness (QED) is 0.416. The van der Waals surface area contributed by atoms with Crippen LogP contribution in [0, 0.1) is 5.92 Å². The van der Waals surface area contributed by atoms with E-state index < -0.39 is 71.6 Å². The molecule has 0 N–H and O–H groups in total. The maximum Gasteiger partial charge on any atom is 0.435 e. The molecular formula is C28H28F7NO5S2. The lowest BCUT2D eigenvalue weighted by molar-refractivity contribution is -0.348. The standard InChI is InChI=1S/C28H28F7NO5S2/c29-26(27(30,31)32,28(33,34)35)21-7-8-22-20(16-21)6-9-23-25(22,43(40,41)17-18-4-2-1-3-5-18)12-13-36(23)24(37)19-10-14-42(38,39)15-11-19/h1-5,7-8,16,19,23H,6,9-15,17H2. The van der Waals surface area contributed by atoms with Gasteiger partial charge in [-0.2, -0.15) is 26.3 Å². The van der Waals surface area contributed by atoms with E-state index in [0.717, 1.165) is 6.07 Å². The molecule has 2 aromatic rings. The SMILES string of the molecule is O=C(C1CCS(=O)(=O)CC1)N1CCC2(S(=O)(=O)Cc3ccccc3)c3ccc(C(F)(C(F)(F)F)C(F)(F)F)cc3CCC12. The second-order valence-electron chi connectivity index (χ2n) is 11.4. The van der Waals surface area contributed by atoms with Crippen molar-refractivity contribution in [3.05, 3.63) is 70.8 Å². The Kier molecular flexibility index (Phi) is 7.71. The van der Waals surface area contributed by atoms with Crippen LogP contribution in [0.25, 0.3) is 0 Å². The Bertz CT molecular complexity index is 1600. The van der Waals surface area contributed by atoms with Gasteiger partial charge in [0.2, 0.25) is 5.91 Å². The number of halogens is 7. The first kappa shape index (κ1) is 31.7. The van der Waals surface area contributed by atoms with Crippen LogP contribution < -0.4 is 0 Å². The van der Waals surface area contributed by atoms with Gasteiger partial charge >= 0.3 is 18.0 Å². The van der Waals surface area contributed by atoms with Crippen molar-refractivity contribution in [2.75, 3.05) is 18.1 Å². The number of sulfone groups is 2. The molecule has 0 saturated carbocycles. The highest BCUT2D eigenvalue weighted by Gasteiger charge is 2.73. The zero-order valence-electron chi connectivity index (χ0n) is 22.6. The molecule has 2 atom stereocenters. The van der Waals surface area contributed by atoms with Gasteiger partial charge < -0.3 is 4.90 Å². The molecule has 2 heterocycles. The fraction of sp³-hybridized carbons (Fsp3) is 0.536. The van der Waals surface area contributed by atoms with Gasteiger partial charge in [0.15, 0.2) is 9.84 Å². The summed E-state index contributed by atoms with van der Waals surface area (Å²) in [6, 6.07) is 8.59. The lowest BCUT2D eigenvalue weighted by Crippen LogP contribution is -2.54. The van der Waals surface area contributed by atoms with Crippen LogP contribution in [0.1, 0.15) is 47.9 Å². The minimum atomic E-state index is -6.34. The molecule has 2 aliphatic heterocycles. The molecule has 2 aromatic carbocycles. The maximum absolute atomic E-state index is 15.0. The molecule has 2 saturated heterocycles. The zero-order chi connectivity index (χ0) is 31.6. The van der Waals surface area contributed by atoms with Crippen molar-refractivity contribution in [1.29, 1.82) is 0 Å². The third-order valence-corrected chi connectivity index (χ3v) is 13.2. The Morgan fingerprint density at radius 3 is 2.09 bits per heavy atom. The first-order valence-corrected chi connectivity index (χ1v) is 17.0. The molecule has 2 unspecified atom stereocenters. The van der Waals surface area contributed by atoms with Crippen molar-refractivity contribution in [2.24, 2.45) is 5.92 Å². The van der Waals surface area contributed by atoms with Crippen LogP contribution in [-0.2, 0) is 47.1 Å². The fourth-order valence-electron chi connectivity index (χ4n) is 6.86. The van der Waals surface area contributed by atoms with Gasteiger partial charge in [-0.1, -0.05) is 48.5 Å². The molecule has 0 bridgehead atoms. The molecule has 0 aromatic heterocycles. The normalized spacial score (nSPS) is 24.8. The highest BCUT2D eigenvalue weighted by Crippen LogP contribution is 2.56. The molecule has 43 heavy (non-hydrogen) atoms. The molecule has 0 radical (unpaired) electrons. The van der Waals surface area contributed by atoms with Crippen molar-refractivity contribution in [3.63, 3.8) is 0 Å². The molecular weight excluding hydrogens is 627 g/mol. The van der Waals surface area contributed by atoms with Crippen LogP contribution >= 0.6 is 0 Å². The number of amides is 1. The molecule has 6 nitrogen and oxygen atoms in total. The number of nitrogens with zero attached hydrogens (tertiary/aromatic N) is 1. The van der Waals surface area contributed by atoms with E-state index in [1.54, 1.807) is 30.3 Å². The molecule has 3 aliphatic rings.